The topological polar surface area (TPSA) is 150 Å². The second-order valence-electron chi connectivity index (χ2n) is 6.82. The number of β-lactam (4-membered cyclic amide) rings is 1. The van der Waals surface area contributed by atoms with Crippen LogP contribution in [-0.2, 0) is 19.2 Å². The molecular weight excluding hydrogens is 376 g/mol. The number of carbonyl (C=O) groups is 4. The van der Waals surface area contributed by atoms with Gasteiger partial charge in [0.2, 0.25) is 6.41 Å². The molecule has 2 heterocycles. The number of primary amides is 1. The van der Waals surface area contributed by atoms with Gasteiger partial charge in [-0.05, 0) is 11.6 Å². The number of thioether (sulfide) groups is 1. The highest BCUT2D eigenvalue weighted by Gasteiger charge is 2.53. The summed E-state index contributed by atoms with van der Waals surface area (Å²) >= 11 is 1.36. The molecule has 5 N–H and O–H groups in total. The van der Waals surface area contributed by atoms with E-state index in [1.165, 1.54) is 16.7 Å². The lowest BCUT2D eigenvalue weighted by molar-refractivity contribution is -0.900. The Labute approximate surface area is 160 Å². The SMILES string of the molecule is C[N+](C)(C/C=C/C1=C(C(=O)O)N2C(=O)[C@@H](NC=O)[C@H]2SC1)[C@H](CO)C(N)=O. The van der Waals surface area contributed by atoms with Crippen LogP contribution in [-0.4, -0.2) is 94.2 Å². The summed E-state index contributed by atoms with van der Waals surface area (Å²) in [5.41, 5.74) is 5.65. The van der Waals surface area contributed by atoms with E-state index in [2.05, 4.69) is 5.32 Å². The molecule has 27 heavy (non-hydrogen) atoms. The number of aliphatic hydroxyl groups excluding tert-OH is 1. The Balaban J connectivity index is 2.20. The van der Waals surface area contributed by atoms with Crippen LogP contribution in [0.15, 0.2) is 23.4 Å². The minimum absolute atomic E-state index is 0.0990. The number of aliphatic carboxylic acids is 1. The Morgan fingerprint density at radius 1 is 1.48 bits per heavy atom. The van der Waals surface area contributed by atoms with Crippen molar-refractivity contribution in [2.24, 2.45) is 5.73 Å². The summed E-state index contributed by atoms with van der Waals surface area (Å²) in [6.07, 6.45) is 3.72. The van der Waals surface area contributed by atoms with Gasteiger partial charge >= 0.3 is 5.97 Å². The lowest BCUT2D eigenvalue weighted by Gasteiger charge is -2.48. The van der Waals surface area contributed by atoms with Gasteiger partial charge in [0, 0.05) is 5.75 Å². The summed E-state index contributed by atoms with van der Waals surface area (Å²) in [7, 11) is 3.45. The van der Waals surface area contributed by atoms with Crippen molar-refractivity contribution in [3.63, 3.8) is 0 Å². The first-order valence-electron chi connectivity index (χ1n) is 8.16. The van der Waals surface area contributed by atoms with Gasteiger partial charge in [0.1, 0.15) is 23.7 Å². The second-order valence-corrected chi connectivity index (χ2v) is 7.92. The van der Waals surface area contributed by atoms with Crippen molar-refractivity contribution in [1.82, 2.24) is 10.2 Å². The number of likely N-dealkylation sites (N-methyl/N-ethyl adjacent to an activating group) is 1. The summed E-state index contributed by atoms with van der Waals surface area (Å²) in [6, 6.07) is -1.51. The molecule has 0 saturated carbocycles. The lowest BCUT2D eigenvalue weighted by atomic mass is 10.0. The average Bonchev–Trinajstić information content (AvgIpc) is 2.58. The molecule has 0 bridgehead atoms. The van der Waals surface area contributed by atoms with Crippen molar-refractivity contribution in [2.75, 3.05) is 33.0 Å². The van der Waals surface area contributed by atoms with Crippen molar-refractivity contribution in [3.05, 3.63) is 23.4 Å². The molecule has 10 nitrogen and oxygen atoms in total. The van der Waals surface area contributed by atoms with Crippen LogP contribution in [0.2, 0.25) is 0 Å². The molecule has 2 aliphatic rings. The molecule has 0 radical (unpaired) electrons. The average molecular weight is 399 g/mol. The standard InChI is InChI=1S/C16H22N4O6S/c1-20(2,10(6-21)13(17)23)5-3-4-9-7-27-15-11(18-8-22)14(24)19(15)12(9)16(25)26/h3-4,8,10-11,15,21H,5-7H2,1-2H3,(H3-,17,18,22,23,25,26)/p+1/b4-3+/t10-,11-,15-/m1/s1. The number of hydrogen-bond acceptors (Lipinski definition) is 6. The minimum atomic E-state index is -1.23. The Kier molecular flexibility index (Phi) is 6.29. The molecule has 2 rings (SSSR count). The van der Waals surface area contributed by atoms with Gasteiger partial charge in [0.15, 0.2) is 6.04 Å². The molecule has 0 aromatic rings. The molecule has 1 fully saturated rings. The van der Waals surface area contributed by atoms with E-state index in [-0.39, 0.29) is 10.2 Å². The van der Waals surface area contributed by atoms with Crippen LogP contribution >= 0.6 is 11.8 Å². The Hall–Kier alpha value is -2.37. The van der Waals surface area contributed by atoms with Crippen LogP contribution in [0.3, 0.4) is 0 Å². The number of rotatable bonds is 9. The summed E-state index contributed by atoms with van der Waals surface area (Å²) in [5.74, 6) is -1.96. The predicted molar refractivity (Wildman–Crippen MR) is 96.9 cm³/mol. The largest absolute Gasteiger partial charge is 0.477 e. The first-order chi connectivity index (χ1) is 12.7. The number of carboxylic acids is 1. The zero-order valence-corrected chi connectivity index (χ0v) is 15.8. The Bertz CT molecular complexity index is 720. The summed E-state index contributed by atoms with van der Waals surface area (Å²) in [6.45, 7) is -0.0773. The van der Waals surface area contributed by atoms with Gasteiger partial charge in [-0.25, -0.2) is 4.79 Å². The van der Waals surface area contributed by atoms with Gasteiger partial charge in [-0.1, -0.05) is 6.08 Å². The molecule has 2 aliphatic heterocycles. The summed E-state index contributed by atoms with van der Waals surface area (Å²) in [5, 5.41) is 20.9. The summed E-state index contributed by atoms with van der Waals surface area (Å²) < 4.78 is 0.0990. The van der Waals surface area contributed by atoms with Crippen LogP contribution in [0.1, 0.15) is 0 Å². The highest BCUT2D eigenvalue weighted by atomic mass is 32.2. The number of carboxylic acid groups (broad SMARTS) is 1. The van der Waals surface area contributed by atoms with Gasteiger partial charge in [-0.3, -0.25) is 19.3 Å². The normalized spacial score (nSPS) is 23.7. The predicted octanol–water partition coefficient (Wildman–Crippen LogP) is -2.17. The Morgan fingerprint density at radius 3 is 2.67 bits per heavy atom. The molecule has 3 amide bonds. The number of hydrogen-bond donors (Lipinski definition) is 4. The highest BCUT2D eigenvalue weighted by molar-refractivity contribution is 8.00. The van der Waals surface area contributed by atoms with E-state index in [1.807, 2.05) is 0 Å². The van der Waals surface area contributed by atoms with Gasteiger partial charge < -0.3 is 25.7 Å². The van der Waals surface area contributed by atoms with Crippen LogP contribution in [0, 0.1) is 0 Å². The molecular formula is C16H23N4O6S+. The molecule has 1 saturated heterocycles. The fourth-order valence-electron chi connectivity index (χ4n) is 3.11. The van der Waals surface area contributed by atoms with Crippen molar-refractivity contribution < 1.29 is 33.9 Å². The van der Waals surface area contributed by atoms with E-state index in [0.717, 1.165) is 0 Å². The van der Waals surface area contributed by atoms with Crippen LogP contribution in [0.5, 0.6) is 0 Å². The number of allylic oxidation sites excluding steroid dienone is 1. The fourth-order valence-corrected chi connectivity index (χ4v) is 4.44. The maximum Gasteiger partial charge on any atom is 0.352 e. The van der Waals surface area contributed by atoms with E-state index < -0.39 is 41.8 Å². The number of nitrogens with one attached hydrogen (secondary N) is 1. The van der Waals surface area contributed by atoms with E-state index >= 15 is 0 Å². The van der Waals surface area contributed by atoms with Crippen LogP contribution in [0.4, 0.5) is 0 Å². The van der Waals surface area contributed by atoms with Crippen molar-refractivity contribution in [3.8, 4) is 0 Å². The second kappa shape index (κ2) is 8.11. The number of quaternary nitrogens is 1. The third kappa shape index (κ3) is 3.99. The van der Waals surface area contributed by atoms with Crippen molar-refractivity contribution in [2.45, 2.75) is 17.5 Å². The third-order valence-corrected chi connectivity index (χ3v) is 5.99. The molecule has 3 atom stereocenters. The molecule has 11 heteroatoms. The zero-order chi connectivity index (χ0) is 20.4. The first kappa shape index (κ1) is 20.9. The van der Waals surface area contributed by atoms with Gasteiger partial charge in [-0.2, -0.15) is 0 Å². The van der Waals surface area contributed by atoms with Gasteiger partial charge in [0.05, 0.1) is 20.6 Å². The molecule has 0 aromatic carbocycles. The smallest absolute Gasteiger partial charge is 0.352 e. The minimum Gasteiger partial charge on any atom is -0.477 e. The number of amides is 3. The van der Waals surface area contributed by atoms with E-state index in [9.17, 15) is 29.4 Å². The lowest BCUT2D eigenvalue weighted by Crippen LogP contribution is -2.69. The van der Waals surface area contributed by atoms with Crippen molar-refractivity contribution in [1.29, 1.82) is 0 Å². The number of nitrogens with zero attached hydrogens (tertiary/aromatic N) is 2. The van der Waals surface area contributed by atoms with Crippen LogP contribution < -0.4 is 11.1 Å². The van der Waals surface area contributed by atoms with Crippen LogP contribution in [0.25, 0.3) is 0 Å². The monoisotopic (exact) mass is 399 g/mol. The van der Waals surface area contributed by atoms with E-state index in [4.69, 9.17) is 5.73 Å². The first-order valence-corrected chi connectivity index (χ1v) is 9.20. The Morgan fingerprint density at radius 2 is 2.15 bits per heavy atom. The molecule has 148 valence electrons. The molecule has 0 unspecified atom stereocenters. The van der Waals surface area contributed by atoms with Gasteiger partial charge in [0.25, 0.3) is 11.8 Å². The molecule has 0 aliphatic carbocycles. The summed E-state index contributed by atoms with van der Waals surface area (Å²) in [4.78, 5) is 47.1. The zero-order valence-electron chi connectivity index (χ0n) is 15.0. The maximum atomic E-state index is 12.2. The van der Waals surface area contributed by atoms with E-state index in [0.29, 0.717) is 24.3 Å². The number of fused-ring (bicyclic) bond motifs is 1. The molecule has 0 aromatic heterocycles. The maximum absolute atomic E-state index is 12.2. The molecule has 0 spiro atoms. The number of carbonyl (C=O) groups excluding carboxylic acids is 3. The highest BCUT2D eigenvalue weighted by Crippen LogP contribution is 2.40. The van der Waals surface area contributed by atoms with Gasteiger partial charge in [-0.15, -0.1) is 11.8 Å². The fraction of sp³-hybridized carbons (Fsp3) is 0.500. The van der Waals surface area contributed by atoms with E-state index in [1.54, 1.807) is 26.2 Å². The van der Waals surface area contributed by atoms with Crippen molar-refractivity contribution >= 4 is 36.0 Å². The number of aliphatic hydroxyl groups is 1. The number of nitrogens with two attached hydrogens (primary N) is 1. The quantitative estimate of drug-likeness (QED) is 0.196. The third-order valence-electron chi connectivity index (χ3n) is 4.69.